The summed E-state index contributed by atoms with van der Waals surface area (Å²) in [6, 6.07) is 2.31. The minimum absolute atomic E-state index is 0.113. The molecule has 0 radical (unpaired) electrons. The summed E-state index contributed by atoms with van der Waals surface area (Å²) in [5, 5.41) is 5.73. The molecule has 4 heteroatoms. The van der Waals surface area contributed by atoms with E-state index in [9.17, 15) is 4.79 Å². The molecule has 0 saturated heterocycles. The average molecular weight is 244 g/mol. The van der Waals surface area contributed by atoms with E-state index in [1.807, 2.05) is 5.38 Å². The van der Waals surface area contributed by atoms with Gasteiger partial charge in [0.15, 0.2) is 5.78 Å². The number of carbonyl (C=O) groups excluding carboxylic acids is 1. The lowest BCUT2D eigenvalue weighted by Crippen LogP contribution is -2.31. The van der Waals surface area contributed by atoms with Crippen LogP contribution in [0.15, 0.2) is 11.4 Å². The Morgan fingerprint density at radius 1 is 1.53 bits per heavy atom. The molecule has 0 amide bonds. The van der Waals surface area contributed by atoms with Crippen molar-refractivity contribution in [3.8, 4) is 0 Å². The highest BCUT2D eigenvalue weighted by atomic mass is 35.5. The van der Waals surface area contributed by atoms with Crippen LogP contribution in [0.5, 0.6) is 0 Å². The van der Waals surface area contributed by atoms with Crippen molar-refractivity contribution in [3.05, 3.63) is 21.3 Å². The standard InChI is InChI=1S/C11H14ClNOS/c12-9-5-6-15-11(9)10(14)7-13-8-3-1-2-4-8/h5-6,8,13H,1-4,7H2. The molecular weight excluding hydrogens is 230 g/mol. The van der Waals surface area contributed by atoms with Crippen molar-refractivity contribution in [3.63, 3.8) is 0 Å². The van der Waals surface area contributed by atoms with E-state index in [2.05, 4.69) is 5.32 Å². The van der Waals surface area contributed by atoms with Crippen molar-refractivity contribution >= 4 is 28.7 Å². The summed E-state index contributed by atoms with van der Waals surface area (Å²) in [6.45, 7) is 0.422. The number of rotatable bonds is 4. The second-order valence-corrected chi connectivity index (χ2v) is 5.21. The topological polar surface area (TPSA) is 29.1 Å². The lowest BCUT2D eigenvalue weighted by Gasteiger charge is -2.10. The normalized spacial score (nSPS) is 17.1. The number of hydrogen-bond donors (Lipinski definition) is 1. The van der Waals surface area contributed by atoms with Crippen molar-refractivity contribution in [1.29, 1.82) is 0 Å². The van der Waals surface area contributed by atoms with E-state index in [-0.39, 0.29) is 5.78 Å². The molecule has 1 fully saturated rings. The molecule has 1 aliphatic carbocycles. The highest BCUT2D eigenvalue weighted by molar-refractivity contribution is 7.12. The van der Waals surface area contributed by atoms with Gasteiger partial charge in [0.2, 0.25) is 0 Å². The SMILES string of the molecule is O=C(CNC1CCCC1)c1sccc1Cl. The zero-order valence-electron chi connectivity index (χ0n) is 8.46. The van der Waals surface area contributed by atoms with Crippen LogP contribution in [0.2, 0.25) is 5.02 Å². The lowest BCUT2D eigenvalue weighted by atomic mass is 10.2. The highest BCUT2D eigenvalue weighted by Crippen LogP contribution is 2.22. The predicted octanol–water partition coefficient (Wildman–Crippen LogP) is 3.12. The number of thiophene rings is 1. The summed E-state index contributed by atoms with van der Waals surface area (Å²) in [6.07, 6.45) is 4.97. The summed E-state index contributed by atoms with van der Waals surface area (Å²) in [7, 11) is 0. The smallest absolute Gasteiger partial charge is 0.188 e. The molecule has 0 aliphatic heterocycles. The molecule has 2 rings (SSSR count). The molecule has 1 N–H and O–H groups in total. The summed E-state index contributed by atoms with van der Waals surface area (Å²) in [5.41, 5.74) is 0. The minimum Gasteiger partial charge on any atom is -0.307 e. The summed E-state index contributed by atoms with van der Waals surface area (Å²) >= 11 is 7.31. The molecule has 1 aromatic rings. The van der Waals surface area contributed by atoms with Gasteiger partial charge in [-0.2, -0.15) is 0 Å². The molecule has 82 valence electrons. The van der Waals surface area contributed by atoms with Gasteiger partial charge in [-0.15, -0.1) is 11.3 Å². The number of carbonyl (C=O) groups is 1. The Morgan fingerprint density at radius 3 is 2.87 bits per heavy atom. The van der Waals surface area contributed by atoms with Gasteiger partial charge in [0.05, 0.1) is 16.4 Å². The number of hydrogen-bond acceptors (Lipinski definition) is 3. The van der Waals surface area contributed by atoms with Gasteiger partial charge in [-0.3, -0.25) is 4.79 Å². The van der Waals surface area contributed by atoms with Crippen molar-refractivity contribution in [2.24, 2.45) is 0 Å². The Kier molecular flexibility index (Phi) is 3.78. The van der Waals surface area contributed by atoms with Crippen LogP contribution in [0.1, 0.15) is 35.4 Å². The maximum Gasteiger partial charge on any atom is 0.188 e. The minimum atomic E-state index is 0.113. The molecule has 2 nitrogen and oxygen atoms in total. The fourth-order valence-electron chi connectivity index (χ4n) is 1.94. The van der Waals surface area contributed by atoms with Crippen LogP contribution in [0.4, 0.5) is 0 Å². The molecule has 1 saturated carbocycles. The number of Topliss-reactive ketones (excluding diaryl/α,β-unsaturated/α-hetero) is 1. The molecule has 0 spiro atoms. The summed E-state index contributed by atoms with van der Waals surface area (Å²) in [4.78, 5) is 12.4. The highest BCUT2D eigenvalue weighted by Gasteiger charge is 2.17. The average Bonchev–Trinajstić information content (AvgIpc) is 2.84. The number of nitrogens with one attached hydrogen (secondary N) is 1. The van der Waals surface area contributed by atoms with Crippen molar-refractivity contribution in [2.45, 2.75) is 31.7 Å². The molecule has 0 atom stereocenters. The first-order valence-electron chi connectivity index (χ1n) is 5.27. The quantitative estimate of drug-likeness (QED) is 0.824. The zero-order valence-corrected chi connectivity index (χ0v) is 10.0. The van der Waals surface area contributed by atoms with E-state index in [1.165, 1.54) is 37.0 Å². The Balaban J connectivity index is 1.84. The van der Waals surface area contributed by atoms with Crippen LogP contribution in [-0.2, 0) is 0 Å². The fourth-order valence-corrected chi connectivity index (χ4v) is 3.04. The van der Waals surface area contributed by atoms with Gasteiger partial charge < -0.3 is 5.32 Å². The largest absolute Gasteiger partial charge is 0.307 e. The number of ketones is 1. The first kappa shape index (κ1) is 11.1. The van der Waals surface area contributed by atoms with Gasteiger partial charge in [0.1, 0.15) is 0 Å². The van der Waals surface area contributed by atoms with Crippen LogP contribution >= 0.6 is 22.9 Å². The van der Waals surface area contributed by atoms with Crippen LogP contribution in [0.25, 0.3) is 0 Å². The van der Waals surface area contributed by atoms with Crippen LogP contribution in [0, 0.1) is 0 Å². The van der Waals surface area contributed by atoms with E-state index in [0.717, 1.165) is 0 Å². The van der Waals surface area contributed by atoms with Gasteiger partial charge >= 0.3 is 0 Å². The maximum atomic E-state index is 11.7. The molecular formula is C11H14ClNOS. The van der Waals surface area contributed by atoms with E-state index < -0.39 is 0 Å². The third kappa shape index (κ3) is 2.80. The van der Waals surface area contributed by atoms with Gasteiger partial charge in [-0.05, 0) is 24.3 Å². The second kappa shape index (κ2) is 5.10. The van der Waals surface area contributed by atoms with Crippen molar-refractivity contribution < 1.29 is 4.79 Å². The van der Waals surface area contributed by atoms with E-state index in [0.29, 0.717) is 22.5 Å². The Hall–Kier alpha value is -0.380. The summed E-state index contributed by atoms with van der Waals surface area (Å²) < 4.78 is 0. The summed E-state index contributed by atoms with van der Waals surface area (Å²) in [5.74, 6) is 0.113. The van der Waals surface area contributed by atoms with E-state index in [4.69, 9.17) is 11.6 Å². The Morgan fingerprint density at radius 2 is 2.27 bits per heavy atom. The Bertz CT molecular complexity index is 344. The van der Waals surface area contributed by atoms with Gasteiger partial charge in [0, 0.05) is 6.04 Å². The van der Waals surface area contributed by atoms with Crippen molar-refractivity contribution in [1.82, 2.24) is 5.32 Å². The second-order valence-electron chi connectivity index (χ2n) is 3.88. The number of halogens is 1. The molecule has 1 heterocycles. The molecule has 0 unspecified atom stereocenters. The monoisotopic (exact) mass is 243 g/mol. The zero-order chi connectivity index (χ0) is 10.7. The predicted molar refractivity (Wildman–Crippen MR) is 63.9 cm³/mol. The van der Waals surface area contributed by atoms with E-state index >= 15 is 0 Å². The van der Waals surface area contributed by atoms with Crippen LogP contribution < -0.4 is 5.32 Å². The first-order valence-corrected chi connectivity index (χ1v) is 6.52. The molecule has 15 heavy (non-hydrogen) atoms. The fraction of sp³-hybridized carbons (Fsp3) is 0.545. The lowest BCUT2D eigenvalue weighted by molar-refractivity contribution is 0.0991. The molecule has 0 bridgehead atoms. The third-order valence-corrected chi connectivity index (χ3v) is 4.16. The molecule has 0 aromatic carbocycles. The van der Waals surface area contributed by atoms with Crippen LogP contribution in [0.3, 0.4) is 0 Å². The van der Waals surface area contributed by atoms with E-state index in [1.54, 1.807) is 6.07 Å². The van der Waals surface area contributed by atoms with Gasteiger partial charge in [0.25, 0.3) is 0 Å². The Labute approximate surface area is 98.6 Å². The molecule has 1 aromatic heterocycles. The maximum absolute atomic E-state index is 11.7. The van der Waals surface area contributed by atoms with Crippen molar-refractivity contribution in [2.75, 3.05) is 6.54 Å². The first-order chi connectivity index (χ1) is 7.27. The molecule has 1 aliphatic rings. The van der Waals surface area contributed by atoms with Gasteiger partial charge in [-0.1, -0.05) is 24.4 Å². The third-order valence-electron chi connectivity index (χ3n) is 2.78. The van der Waals surface area contributed by atoms with Crippen LogP contribution in [-0.4, -0.2) is 18.4 Å². The van der Waals surface area contributed by atoms with Gasteiger partial charge in [-0.25, -0.2) is 0 Å².